The van der Waals surface area contributed by atoms with Gasteiger partial charge in [-0.25, -0.2) is 4.98 Å². The second-order valence-electron chi connectivity index (χ2n) is 7.45. The number of rotatable bonds is 4. The topological polar surface area (TPSA) is 46.8 Å². The zero-order chi connectivity index (χ0) is 18.3. The third kappa shape index (κ3) is 2.94. The third-order valence-electron chi connectivity index (χ3n) is 5.05. The first-order valence-corrected chi connectivity index (χ1v) is 9.62. The van der Waals surface area contributed by atoms with E-state index in [-0.39, 0.29) is 6.04 Å². The van der Waals surface area contributed by atoms with Crippen molar-refractivity contribution in [1.82, 2.24) is 19.7 Å². The quantitative estimate of drug-likeness (QED) is 0.663. The number of halogens is 1. The lowest BCUT2D eigenvalue weighted by Crippen LogP contribution is -2.24. The standard InChI is InChI=1S/C20H24ClN5/c1-13(2)12-26-19(21)18(14(3)24-26)17-5-4-10-25(17)20-16-11-22-8-6-15(16)7-9-23-20/h6-9,11,13,17H,4-5,10,12H2,1-3H3. The lowest BCUT2D eigenvalue weighted by Gasteiger charge is -2.27. The summed E-state index contributed by atoms with van der Waals surface area (Å²) in [5.74, 6) is 1.50. The van der Waals surface area contributed by atoms with Gasteiger partial charge < -0.3 is 4.90 Å². The first-order valence-electron chi connectivity index (χ1n) is 9.24. The van der Waals surface area contributed by atoms with Crippen molar-refractivity contribution in [2.45, 2.75) is 46.2 Å². The van der Waals surface area contributed by atoms with Crippen LogP contribution in [0, 0.1) is 12.8 Å². The van der Waals surface area contributed by atoms with Crippen LogP contribution in [0.5, 0.6) is 0 Å². The van der Waals surface area contributed by atoms with Crippen molar-refractivity contribution in [3.05, 3.63) is 47.1 Å². The Hall–Kier alpha value is -2.14. The Balaban J connectivity index is 1.77. The van der Waals surface area contributed by atoms with Crippen molar-refractivity contribution in [3.8, 4) is 0 Å². The average molecular weight is 370 g/mol. The molecule has 0 saturated carbocycles. The number of aromatic nitrogens is 4. The lowest BCUT2D eigenvalue weighted by molar-refractivity contribution is 0.481. The van der Waals surface area contributed by atoms with Crippen molar-refractivity contribution in [1.29, 1.82) is 0 Å². The first kappa shape index (κ1) is 17.3. The van der Waals surface area contributed by atoms with Crippen LogP contribution in [0.25, 0.3) is 10.8 Å². The van der Waals surface area contributed by atoms with Gasteiger partial charge in [-0.05, 0) is 43.2 Å². The molecule has 0 bridgehead atoms. The summed E-state index contributed by atoms with van der Waals surface area (Å²) in [6.07, 6.45) is 7.79. The molecule has 5 nitrogen and oxygen atoms in total. The molecule has 4 heterocycles. The SMILES string of the molecule is Cc1nn(CC(C)C)c(Cl)c1C1CCCN1c1nccc2ccncc12. The van der Waals surface area contributed by atoms with Crippen LogP contribution in [0.1, 0.15) is 44.0 Å². The van der Waals surface area contributed by atoms with Crippen molar-refractivity contribution in [2.24, 2.45) is 5.92 Å². The molecule has 0 radical (unpaired) electrons. The van der Waals surface area contributed by atoms with Gasteiger partial charge >= 0.3 is 0 Å². The van der Waals surface area contributed by atoms with Gasteiger partial charge in [0.15, 0.2) is 0 Å². The summed E-state index contributed by atoms with van der Waals surface area (Å²) in [4.78, 5) is 11.4. The Morgan fingerprint density at radius 3 is 2.88 bits per heavy atom. The summed E-state index contributed by atoms with van der Waals surface area (Å²) in [7, 11) is 0. The zero-order valence-corrected chi connectivity index (χ0v) is 16.2. The van der Waals surface area contributed by atoms with Crippen LogP contribution >= 0.6 is 11.6 Å². The minimum atomic E-state index is 0.210. The number of hydrogen-bond donors (Lipinski definition) is 0. The van der Waals surface area contributed by atoms with Crippen LogP contribution in [0.3, 0.4) is 0 Å². The van der Waals surface area contributed by atoms with E-state index in [4.69, 9.17) is 21.7 Å². The van der Waals surface area contributed by atoms with Gasteiger partial charge in [0, 0.05) is 42.6 Å². The van der Waals surface area contributed by atoms with Crippen molar-refractivity contribution in [2.75, 3.05) is 11.4 Å². The average Bonchev–Trinajstić information content (AvgIpc) is 3.18. The molecular weight excluding hydrogens is 346 g/mol. The van der Waals surface area contributed by atoms with Gasteiger partial charge in [0.05, 0.1) is 11.7 Å². The van der Waals surface area contributed by atoms with Gasteiger partial charge in [0.2, 0.25) is 0 Å². The van der Waals surface area contributed by atoms with E-state index in [1.54, 1.807) is 0 Å². The molecule has 1 aliphatic heterocycles. The molecule has 3 aromatic heterocycles. The van der Waals surface area contributed by atoms with Crippen molar-refractivity contribution >= 4 is 28.2 Å². The normalized spacial score (nSPS) is 17.6. The summed E-state index contributed by atoms with van der Waals surface area (Å²) in [6, 6.07) is 4.27. The fourth-order valence-corrected chi connectivity index (χ4v) is 4.33. The molecule has 0 amide bonds. The molecule has 6 heteroatoms. The van der Waals surface area contributed by atoms with Crippen LogP contribution < -0.4 is 4.90 Å². The van der Waals surface area contributed by atoms with Crippen molar-refractivity contribution < 1.29 is 0 Å². The maximum Gasteiger partial charge on any atom is 0.138 e. The summed E-state index contributed by atoms with van der Waals surface area (Å²) < 4.78 is 1.95. The molecule has 0 spiro atoms. The Bertz CT molecular complexity index is 928. The minimum Gasteiger partial charge on any atom is -0.349 e. The van der Waals surface area contributed by atoms with Gasteiger partial charge in [0.25, 0.3) is 0 Å². The molecule has 3 aromatic rings. The Kier molecular flexibility index (Phi) is 4.57. The van der Waals surface area contributed by atoms with Crippen molar-refractivity contribution in [3.63, 3.8) is 0 Å². The second-order valence-corrected chi connectivity index (χ2v) is 7.81. The van der Waals surface area contributed by atoms with Crippen LogP contribution in [-0.2, 0) is 6.54 Å². The zero-order valence-electron chi connectivity index (χ0n) is 15.5. The predicted molar refractivity (Wildman–Crippen MR) is 106 cm³/mol. The van der Waals surface area contributed by atoms with E-state index in [1.807, 2.05) is 35.4 Å². The maximum atomic E-state index is 6.77. The number of hydrogen-bond acceptors (Lipinski definition) is 4. The summed E-state index contributed by atoms with van der Waals surface area (Å²) in [5.41, 5.74) is 2.17. The van der Waals surface area contributed by atoms with Gasteiger partial charge in [-0.1, -0.05) is 25.4 Å². The molecule has 0 aromatic carbocycles. The minimum absolute atomic E-state index is 0.210. The number of anilines is 1. The maximum absolute atomic E-state index is 6.77. The molecule has 1 fully saturated rings. The molecule has 1 atom stereocenters. The van der Waals surface area contributed by atoms with E-state index in [9.17, 15) is 0 Å². The van der Waals surface area contributed by atoms with Crippen LogP contribution in [0.15, 0.2) is 30.7 Å². The molecular formula is C20H24ClN5. The number of pyridine rings is 2. The highest BCUT2D eigenvalue weighted by molar-refractivity contribution is 6.30. The third-order valence-corrected chi connectivity index (χ3v) is 5.45. The van der Waals surface area contributed by atoms with Gasteiger partial charge in [-0.3, -0.25) is 9.67 Å². The predicted octanol–water partition coefficient (Wildman–Crippen LogP) is 4.79. The monoisotopic (exact) mass is 369 g/mol. The van der Waals surface area contributed by atoms with E-state index in [1.165, 1.54) is 0 Å². The summed E-state index contributed by atoms with van der Waals surface area (Å²) in [5, 5.41) is 7.73. The highest BCUT2D eigenvalue weighted by Gasteiger charge is 2.33. The molecule has 0 N–H and O–H groups in total. The van der Waals surface area contributed by atoms with E-state index in [0.717, 1.165) is 58.9 Å². The molecule has 0 aliphatic carbocycles. The number of nitrogens with zero attached hydrogens (tertiary/aromatic N) is 5. The molecule has 136 valence electrons. The van der Waals surface area contributed by atoms with E-state index >= 15 is 0 Å². The highest BCUT2D eigenvalue weighted by atomic mass is 35.5. The number of fused-ring (bicyclic) bond motifs is 1. The van der Waals surface area contributed by atoms with Gasteiger partial charge in [-0.15, -0.1) is 0 Å². The van der Waals surface area contributed by atoms with E-state index in [0.29, 0.717) is 5.92 Å². The highest BCUT2D eigenvalue weighted by Crippen LogP contribution is 2.41. The summed E-state index contributed by atoms with van der Waals surface area (Å²) in [6.45, 7) is 8.23. The van der Waals surface area contributed by atoms with Crippen LogP contribution in [0.2, 0.25) is 5.15 Å². The Morgan fingerprint density at radius 2 is 2.08 bits per heavy atom. The fourth-order valence-electron chi connectivity index (χ4n) is 3.96. The van der Waals surface area contributed by atoms with Gasteiger partial charge in [0.1, 0.15) is 11.0 Å². The first-order chi connectivity index (χ1) is 12.6. The van der Waals surface area contributed by atoms with Gasteiger partial charge in [-0.2, -0.15) is 5.10 Å². The fraction of sp³-hybridized carbons (Fsp3) is 0.450. The Morgan fingerprint density at radius 1 is 1.27 bits per heavy atom. The smallest absolute Gasteiger partial charge is 0.138 e. The Labute approximate surface area is 159 Å². The molecule has 4 rings (SSSR count). The van der Waals surface area contributed by atoms with Crippen LogP contribution in [0.4, 0.5) is 5.82 Å². The number of aryl methyl sites for hydroxylation is 1. The lowest BCUT2D eigenvalue weighted by atomic mass is 10.1. The largest absolute Gasteiger partial charge is 0.349 e. The van der Waals surface area contributed by atoms with E-state index in [2.05, 4.69) is 30.7 Å². The van der Waals surface area contributed by atoms with Crippen LogP contribution in [-0.4, -0.2) is 26.3 Å². The molecule has 1 aliphatic rings. The molecule has 1 saturated heterocycles. The second kappa shape index (κ2) is 6.88. The van der Waals surface area contributed by atoms with E-state index < -0.39 is 0 Å². The summed E-state index contributed by atoms with van der Waals surface area (Å²) >= 11 is 6.77. The molecule has 1 unspecified atom stereocenters. The molecule has 26 heavy (non-hydrogen) atoms.